The number of nitrogens with one attached hydrogen (secondary N) is 1. The summed E-state index contributed by atoms with van der Waals surface area (Å²) < 4.78 is 12.5. The van der Waals surface area contributed by atoms with E-state index >= 15 is 0 Å². The van der Waals surface area contributed by atoms with Gasteiger partial charge in [-0.2, -0.15) is 0 Å². The van der Waals surface area contributed by atoms with Crippen LogP contribution in [-0.4, -0.2) is 77.1 Å². The molecule has 4 N–H and O–H groups in total. The summed E-state index contributed by atoms with van der Waals surface area (Å²) in [6.07, 6.45) is 6.02. The van der Waals surface area contributed by atoms with Crippen LogP contribution in [0.15, 0.2) is 23.8 Å². The summed E-state index contributed by atoms with van der Waals surface area (Å²) in [6.45, 7) is 6.54. The van der Waals surface area contributed by atoms with Crippen molar-refractivity contribution in [2.24, 2.45) is 5.92 Å². The Morgan fingerprint density at radius 2 is 1.90 bits per heavy atom. The minimum Gasteiger partial charge on any atom is -0.493 e. The molecule has 0 fully saturated rings. The van der Waals surface area contributed by atoms with E-state index in [1.807, 2.05) is 0 Å². The number of carbonyl (C=O) groups excluding carboxylic acids is 2. The van der Waals surface area contributed by atoms with Gasteiger partial charge in [-0.3, -0.25) is 9.59 Å². The van der Waals surface area contributed by atoms with Crippen LogP contribution in [0.25, 0.3) is 0 Å². The first-order chi connectivity index (χ1) is 19.2. The Bertz CT molecular complexity index is 985. The lowest BCUT2D eigenvalue weighted by Crippen LogP contribution is -2.55. The van der Waals surface area contributed by atoms with Crippen molar-refractivity contribution in [2.75, 3.05) is 26.8 Å². The Morgan fingerprint density at radius 3 is 2.52 bits per heavy atom. The summed E-state index contributed by atoms with van der Waals surface area (Å²) in [7, 11) is 1.50. The summed E-state index contributed by atoms with van der Waals surface area (Å²) in [4.78, 5) is 28.3. The molecule has 0 saturated carbocycles. The minimum absolute atomic E-state index is 0.0311. The second-order valence-corrected chi connectivity index (χ2v) is 11.9. The van der Waals surface area contributed by atoms with Gasteiger partial charge in [0.25, 0.3) is 0 Å². The third kappa shape index (κ3) is 10.2. The highest BCUT2D eigenvalue weighted by molar-refractivity contribution is 14.1. The van der Waals surface area contributed by atoms with E-state index in [-0.39, 0.29) is 38.0 Å². The Balaban J connectivity index is 2.42. The summed E-state index contributed by atoms with van der Waals surface area (Å²) in [5.74, 6) is 0.729. The van der Waals surface area contributed by atoms with Gasteiger partial charge >= 0.3 is 0 Å². The van der Waals surface area contributed by atoms with Gasteiger partial charge in [-0.05, 0) is 65.1 Å². The van der Waals surface area contributed by atoms with E-state index in [9.17, 15) is 24.9 Å². The van der Waals surface area contributed by atoms with Gasteiger partial charge in [0.15, 0.2) is 11.5 Å². The van der Waals surface area contributed by atoms with Gasteiger partial charge in [0.05, 0.1) is 29.9 Å². The maximum absolute atomic E-state index is 13.5. The van der Waals surface area contributed by atoms with Crippen LogP contribution in [0.1, 0.15) is 77.7 Å². The zero-order valence-corrected chi connectivity index (χ0v) is 26.5. The molecule has 1 aliphatic rings. The summed E-state index contributed by atoms with van der Waals surface area (Å²) in [5, 5.41) is 33.1. The predicted molar refractivity (Wildman–Crippen MR) is 163 cm³/mol. The predicted octanol–water partition coefficient (Wildman–Crippen LogP) is 3.94. The maximum atomic E-state index is 13.5. The topological polar surface area (TPSA) is 129 Å². The lowest BCUT2D eigenvalue weighted by atomic mass is 9.87. The van der Waals surface area contributed by atoms with Gasteiger partial charge in [-0.25, -0.2) is 0 Å². The average Bonchev–Trinajstić information content (AvgIpc) is 2.93. The van der Waals surface area contributed by atoms with Crippen molar-refractivity contribution in [3.8, 4) is 11.5 Å². The van der Waals surface area contributed by atoms with E-state index in [0.29, 0.717) is 45.1 Å². The van der Waals surface area contributed by atoms with Crippen molar-refractivity contribution >= 4 is 34.4 Å². The molecular weight excluding hydrogens is 627 g/mol. The molecule has 3 atom stereocenters. The first kappa shape index (κ1) is 34.3. The van der Waals surface area contributed by atoms with Crippen molar-refractivity contribution in [1.82, 2.24) is 10.2 Å². The molecular formula is C30H47IN2O7. The molecule has 3 unspecified atom stereocenters. The van der Waals surface area contributed by atoms with E-state index in [4.69, 9.17) is 9.47 Å². The van der Waals surface area contributed by atoms with Crippen molar-refractivity contribution in [2.45, 2.75) is 97.0 Å². The Morgan fingerprint density at radius 1 is 1.18 bits per heavy atom. The normalized spacial score (nSPS) is 18.8. The highest BCUT2D eigenvalue weighted by Gasteiger charge is 2.40. The van der Waals surface area contributed by atoms with Crippen LogP contribution >= 0.6 is 22.6 Å². The van der Waals surface area contributed by atoms with Gasteiger partial charge in [-0.15, -0.1) is 0 Å². The third-order valence-corrected chi connectivity index (χ3v) is 7.90. The molecule has 226 valence electrons. The monoisotopic (exact) mass is 674 g/mol. The molecule has 0 spiro atoms. The van der Waals surface area contributed by atoms with Crippen molar-refractivity contribution < 1.29 is 34.4 Å². The van der Waals surface area contributed by atoms with Gasteiger partial charge in [-0.1, -0.05) is 46.5 Å². The van der Waals surface area contributed by atoms with Crippen LogP contribution < -0.4 is 14.8 Å². The van der Waals surface area contributed by atoms with Crippen LogP contribution in [0, 0.1) is 9.49 Å². The van der Waals surface area contributed by atoms with Crippen molar-refractivity contribution in [1.29, 1.82) is 0 Å². The maximum Gasteiger partial charge on any atom is 0.247 e. The number of amides is 2. The SMILES string of the molecule is CCCCCCCC(=O)N(CCC(C)C)C1CC(C(=O)NCCO)=CC(Oc2c(I)cc(CO)cc2OC)C1O. The first-order valence-electron chi connectivity index (χ1n) is 14.4. The van der Waals surface area contributed by atoms with E-state index in [1.165, 1.54) is 7.11 Å². The molecule has 1 aromatic rings. The zero-order valence-electron chi connectivity index (χ0n) is 24.3. The molecule has 0 radical (unpaired) electrons. The van der Waals surface area contributed by atoms with Crippen LogP contribution in [0.2, 0.25) is 0 Å². The Labute approximate surface area is 252 Å². The number of hydrogen-bond donors (Lipinski definition) is 4. The van der Waals surface area contributed by atoms with Gasteiger partial charge < -0.3 is 35.0 Å². The van der Waals surface area contributed by atoms with E-state index < -0.39 is 18.2 Å². The van der Waals surface area contributed by atoms with Gasteiger partial charge in [0.1, 0.15) is 12.2 Å². The van der Waals surface area contributed by atoms with Crippen LogP contribution in [-0.2, 0) is 16.2 Å². The lowest BCUT2D eigenvalue weighted by molar-refractivity contribution is -0.139. The number of carbonyl (C=O) groups is 2. The lowest BCUT2D eigenvalue weighted by Gasteiger charge is -2.41. The fourth-order valence-corrected chi connectivity index (χ4v) is 5.58. The molecule has 0 aliphatic heterocycles. The molecule has 0 bridgehead atoms. The number of aliphatic hydroxyl groups excluding tert-OH is 3. The van der Waals surface area contributed by atoms with E-state index in [2.05, 4.69) is 48.7 Å². The van der Waals surface area contributed by atoms with Crippen LogP contribution in [0.5, 0.6) is 11.5 Å². The Kier molecular flexibility index (Phi) is 15.3. The summed E-state index contributed by atoms with van der Waals surface area (Å²) >= 11 is 2.08. The molecule has 2 amide bonds. The molecule has 1 aromatic carbocycles. The number of rotatable bonds is 17. The van der Waals surface area contributed by atoms with Crippen LogP contribution in [0.4, 0.5) is 0 Å². The molecule has 40 heavy (non-hydrogen) atoms. The first-order valence-corrected chi connectivity index (χ1v) is 15.5. The number of hydrogen-bond acceptors (Lipinski definition) is 7. The molecule has 10 heteroatoms. The highest BCUT2D eigenvalue weighted by atomic mass is 127. The number of methoxy groups -OCH3 is 1. The van der Waals surface area contributed by atoms with E-state index in [1.54, 1.807) is 23.1 Å². The number of aliphatic hydroxyl groups is 3. The molecule has 0 heterocycles. The number of unbranched alkanes of at least 4 members (excludes halogenated alkanes) is 4. The van der Waals surface area contributed by atoms with Crippen LogP contribution in [0.3, 0.4) is 0 Å². The highest BCUT2D eigenvalue weighted by Crippen LogP contribution is 2.37. The largest absolute Gasteiger partial charge is 0.493 e. The summed E-state index contributed by atoms with van der Waals surface area (Å²) in [6, 6.07) is 2.77. The molecule has 0 aromatic heterocycles. The number of benzene rings is 1. The van der Waals surface area contributed by atoms with Gasteiger partial charge in [0, 0.05) is 31.5 Å². The molecule has 2 rings (SSSR count). The van der Waals surface area contributed by atoms with Crippen molar-refractivity contribution in [3.05, 3.63) is 32.9 Å². The quantitative estimate of drug-likeness (QED) is 0.146. The fraction of sp³-hybridized carbons (Fsp3) is 0.667. The second kappa shape index (κ2) is 17.8. The average molecular weight is 675 g/mol. The molecule has 0 saturated heterocycles. The van der Waals surface area contributed by atoms with Crippen molar-refractivity contribution in [3.63, 3.8) is 0 Å². The minimum atomic E-state index is -1.09. The molecule has 9 nitrogen and oxygen atoms in total. The Hall–Kier alpha value is -1.89. The van der Waals surface area contributed by atoms with Gasteiger partial charge in [0.2, 0.25) is 11.8 Å². The standard InChI is InChI=1S/C30H47IN2O7/c1-5-6-7-8-9-10-27(36)33(13-11-20(2)3)24-17-22(30(38)32-12-14-34)18-25(28(24)37)40-29-23(31)15-21(19-35)16-26(29)39-4/h15-16,18,20,24-25,28,34-35,37H,5-14,17,19H2,1-4H3,(H,32,38). The number of ether oxygens (including phenoxy) is 2. The third-order valence-electron chi connectivity index (χ3n) is 7.10. The zero-order chi connectivity index (χ0) is 29.7. The fourth-order valence-electron chi connectivity index (χ4n) is 4.79. The second-order valence-electron chi connectivity index (χ2n) is 10.7. The summed E-state index contributed by atoms with van der Waals surface area (Å²) in [5.41, 5.74) is 1.04. The smallest absolute Gasteiger partial charge is 0.247 e. The van der Waals surface area contributed by atoms with E-state index in [0.717, 1.165) is 38.5 Å². The number of nitrogens with zero attached hydrogens (tertiary/aromatic N) is 1. The number of halogens is 1. The molecule has 1 aliphatic carbocycles.